The van der Waals surface area contributed by atoms with Crippen LogP contribution in [-0.4, -0.2) is 5.91 Å². The Morgan fingerprint density at radius 1 is 1.10 bits per heavy atom. The largest absolute Gasteiger partial charge is 0.398 e. The van der Waals surface area contributed by atoms with Crippen LogP contribution in [0.4, 0.5) is 11.4 Å². The lowest BCUT2D eigenvalue weighted by Gasteiger charge is -2.13. The van der Waals surface area contributed by atoms with Gasteiger partial charge in [-0.2, -0.15) is 0 Å². The summed E-state index contributed by atoms with van der Waals surface area (Å²) in [6.45, 7) is 8.02. The molecule has 3 heteroatoms. The molecule has 0 unspecified atom stereocenters. The molecule has 0 saturated heterocycles. The molecule has 0 aliphatic heterocycles. The Hall–Kier alpha value is -2.29. The number of carbonyl (C=O) groups excluding carboxylic acids is 1. The van der Waals surface area contributed by atoms with E-state index in [4.69, 9.17) is 5.73 Å². The first-order chi connectivity index (χ1) is 9.92. The number of hydrogen-bond donors (Lipinski definition) is 2. The van der Waals surface area contributed by atoms with Crippen molar-refractivity contribution in [3.8, 4) is 0 Å². The zero-order valence-electron chi connectivity index (χ0n) is 13.1. The van der Waals surface area contributed by atoms with Gasteiger partial charge >= 0.3 is 0 Å². The minimum absolute atomic E-state index is 0.0892. The predicted octanol–water partition coefficient (Wildman–Crippen LogP) is 4.01. The van der Waals surface area contributed by atoms with Gasteiger partial charge in [-0.1, -0.05) is 30.7 Å². The summed E-state index contributed by atoms with van der Waals surface area (Å²) in [5.74, 6) is -0.0892. The van der Waals surface area contributed by atoms with Crippen molar-refractivity contribution in [2.45, 2.75) is 34.1 Å². The highest BCUT2D eigenvalue weighted by molar-refractivity contribution is 6.06. The maximum Gasteiger partial charge on any atom is 0.256 e. The molecule has 21 heavy (non-hydrogen) atoms. The standard InChI is InChI=1S/C18H22N2O/c1-5-14-6-7-15(10-16(14)19)20-18(21)17-12(3)8-11(2)9-13(17)4/h6-10H,5,19H2,1-4H3,(H,20,21). The molecule has 0 atom stereocenters. The monoisotopic (exact) mass is 282 g/mol. The first-order valence-corrected chi connectivity index (χ1v) is 7.20. The van der Waals surface area contributed by atoms with E-state index in [9.17, 15) is 4.79 Å². The average Bonchev–Trinajstić information content (AvgIpc) is 2.37. The molecular weight excluding hydrogens is 260 g/mol. The number of anilines is 2. The van der Waals surface area contributed by atoms with E-state index in [1.165, 1.54) is 0 Å². The molecule has 0 spiro atoms. The third kappa shape index (κ3) is 3.24. The van der Waals surface area contributed by atoms with E-state index >= 15 is 0 Å². The molecule has 0 aliphatic rings. The van der Waals surface area contributed by atoms with E-state index in [0.717, 1.165) is 39.9 Å². The van der Waals surface area contributed by atoms with E-state index in [0.29, 0.717) is 5.69 Å². The van der Waals surface area contributed by atoms with Gasteiger partial charge in [-0.25, -0.2) is 0 Å². The second-order valence-corrected chi connectivity index (χ2v) is 5.49. The molecule has 3 N–H and O–H groups in total. The van der Waals surface area contributed by atoms with E-state index in [1.807, 2.05) is 51.1 Å². The van der Waals surface area contributed by atoms with Crippen molar-refractivity contribution in [1.29, 1.82) is 0 Å². The second kappa shape index (κ2) is 6.00. The van der Waals surface area contributed by atoms with Gasteiger partial charge in [0.2, 0.25) is 0 Å². The van der Waals surface area contributed by atoms with Crippen LogP contribution >= 0.6 is 0 Å². The Morgan fingerprint density at radius 2 is 1.71 bits per heavy atom. The summed E-state index contributed by atoms with van der Waals surface area (Å²) in [6, 6.07) is 9.72. The molecule has 0 saturated carbocycles. The second-order valence-electron chi connectivity index (χ2n) is 5.49. The van der Waals surface area contributed by atoms with Gasteiger partial charge in [0.05, 0.1) is 0 Å². The number of carbonyl (C=O) groups is 1. The highest BCUT2D eigenvalue weighted by Gasteiger charge is 2.13. The first kappa shape index (κ1) is 15.1. The Morgan fingerprint density at radius 3 is 2.24 bits per heavy atom. The lowest BCUT2D eigenvalue weighted by atomic mass is 9.99. The van der Waals surface area contributed by atoms with Crippen LogP contribution in [0.3, 0.4) is 0 Å². The third-order valence-electron chi connectivity index (χ3n) is 3.69. The van der Waals surface area contributed by atoms with E-state index in [2.05, 4.69) is 12.2 Å². The Balaban J connectivity index is 2.28. The molecule has 0 radical (unpaired) electrons. The smallest absolute Gasteiger partial charge is 0.256 e. The summed E-state index contributed by atoms with van der Waals surface area (Å²) in [4.78, 5) is 12.5. The number of nitrogen functional groups attached to an aromatic ring is 1. The number of nitrogens with two attached hydrogens (primary N) is 1. The molecule has 1 amide bonds. The summed E-state index contributed by atoms with van der Waals surface area (Å²) >= 11 is 0. The van der Waals surface area contributed by atoms with Gasteiger partial charge in [-0.3, -0.25) is 4.79 Å². The molecule has 0 aliphatic carbocycles. The summed E-state index contributed by atoms with van der Waals surface area (Å²) in [7, 11) is 0. The zero-order valence-corrected chi connectivity index (χ0v) is 13.1. The van der Waals surface area contributed by atoms with Crippen LogP contribution in [0.25, 0.3) is 0 Å². The maximum absolute atomic E-state index is 12.5. The van der Waals surface area contributed by atoms with Crippen LogP contribution in [0.2, 0.25) is 0 Å². The molecule has 0 heterocycles. The highest BCUT2D eigenvalue weighted by atomic mass is 16.1. The average molecular weight is 282 g/mol. The van der Waals surface area contributed by atoms with Gasteiger partial charge in [-0.05, 0) is 56.0 Å². The number of benzene rings is 2. The topological polar surface area (TPSA) is 55.1 Å². The van der Waals surface area contributed by atoms with Crippen LogP contribution in [0, 0.1) is 20.8 Å². The van der Waals surface area contributed by atoms with Crippen molar-refractivity contribution in [3.63, 3.8) is 0 Å². The number of rotatable bonds is 3. The Kier molecular flexibility index (Phi) is 4.32. The van der Waals surface area contributed by atoms with Crippen molar-refractivity contribution >= 4 is 17.3 Å². The summed E-state index contributed by atoms with van der Waals surface area (Å²) in [6.07, 6.45) is 0.885. The number of nitrogens with one attached hydrogen (secondary N) is 1. The summed E-state index contributed by atoms with van der Waals surface area (Å²) < 4.78 is 0. The minimum atomic E-state index is -0.0892. The van der Waals surface area contributed by atoms with Crippen molar-refractivity contribution < 1.29 is 4.79 Å². The van der Waals surface area contributed by atoms with Gasteiger partial charge in [0, 0.05) is 16.9 Å². The molecule has 3 nitrogen and oxygen atoms in total. The number of aryl methyl sites for hydroxylation is 4. The van der Waals surface area contributed by atoms with Crippen LogP contribution in [-0.2, 0) is 6.42 Å². The van der Waals surface area contributed by atoms with Crippen LogP contribution in [0.5, 0.6) is 0 Å². The van der Waals surface area contributed by atoms with Crippen molar-refractivity contribution in [2.75, 3.05) is 11.1 Å². The lowest BCUT2D eigenvalue weighted by Crippen LogP contribution is -2.15. The Labute approximate surface area is 126 Å². The SMILES string of the molecule is CCc1ccc(NC(=O)c2c(C)cc(C)cc2C)cc1N. The van der Waals surface area contributed by atoms with Crippen LogP contribution in [0.15, 0.2) is 30.3 Å². The zero-order chi connectivity index (χ0) is 15.6. The molecule has 2 rings (SSSR count). The fourth-order valence-corrected chi connectivity index (χ4v) is 2.73. The minimum Gasteiger partial charge on any atom is -0.398 e. The van der Waals surface area contributed by atoms with Gasteiger partial charge in [0.15, 0.2) is 0 Å². The van der Waals surface area contributed by atoms with Crippen LogP contribution < -0.4 is 11.1 Å². The van der Waals surface area contributed by atoms with Crippen molar-refractivity contribution in [2.24, 2.45) is 0 Å². The molecule has 2 aromatic carbocycles. The summed E-state index contributed by atoms with van der Waals surface area (Å²) in [5, 5.41) is 2.93. The van der Waals surface area contributed by atoms with Crippen molar-refractivity contribution in [1.82, 2.24) is 0 Å². The van der Waals surface area contributed by atoms with Crippen molar-refractivity contribution in [3.05, 3.63) is 58.1 Å². The molecule has 0 bridgehead atoms. The van der Waals surface area contributed by atoms with E-state index < -0.39 is 0 Å². The van der Waals surface area contributed by atoms with E-state index in [-0.39, 0.29) is 5.91 Å². The Bertz CT molecular complexity index is 667. The van der Waals surface area contributed by atoms with Crippen LogP contribution in [0.1, 0.15) is 39.5 Å². The predicted molar refractivity (Wildman–Crippen MR) is 88.8 cm³/mol. The van der Waals surface area contributed by atoms with Gasteiger partial charge in [-0.15, -0.1) is 0 Å². The maximum atomic E-state index is 12.5. The van der Waals surface area contributed by atoms with Gasteiger partial charge in [0.25, 0.3) is 5.91 Å². The van der Waals surface area contributed by atoms with E-state index in [1.54, 1.807) is 0 Å². The fraction of sp³-hybridized carbons (Fsp3) is 0.278. The number of amides is 1. The van der Waals surface area contributed by atoms with Gasteiger partial charge < -0.3 is 11.1 Å². The lowest BCUT2D eigenvalue weighted by molar-refractivity contribution is 0.102. The normalized spacial score (nSPS) is 10.5. The molecular formula is C18H22N2O. The molecule has 0 fully saturated rings. The quantitative estimate of drug-likeness (QED) is 0.836. The first-order valence-electron chi connectivity index (χ1n) is 7.20. The third-order valence-corrected chi connectivity index (χ3v) is 3.69. The molecule has 110 valence electrons. The fourth-order valence-electron chi connectivity index (χ4n) is 2.73. The highest BCUT2D eigenvalue weighted by Crippen LogP contribution is 2.21. The van der Waals surface area contributed by atoms with Gasteiger partial charge in [0.1, 0.15) is 0 Å². The summed E-state index contributed by atoms with van der Waals surface area (Å²) in [5.41, 5.74) is 12.4. The molecule has 0 aromatic heterocycles. The number of hydrogen-bond acceptors (Lipinski definition) is 2. The molecule has 2 aromatic rings.